The van der Waals surface area contributed by atoms with Gasteiger partial charge in [-0.3, -0.25) is 4.99 Å². The molecule has 0 bridgehead atoms. The molecule has 0 radical (unpaired) electrons. The van der Waals surface area contributed by atoms with Gasteiger partial charge in [0.1, 0.15) is 0 Å². The highest BCUT2D eigenvalue weighted by atomic mass is 127. The third-order valence-electron chi connectivity index (χ3n) is 4.00. The van der Waals surface area contributed by atoms with Crippen molar-refractivity contribution in [1.82, 2.24) is 14.8 Å². The van der Waals surface area contributed by atoms with Crippen LogP contribution < -0.4 is 5.32 Å². The van der Waals surface area contributed by atoms with Crippen LogP contribution in [-0.4, -0.2) is 36.1 Å². The molecule has 0 atom stereocenters. The van der Waals surface area contributed by atoms with Crippen LogP contribution in [0.3, 0.4) is 0 Å². The van der Waals surface area contributed by atoms with E-state index in [1.54, 1.807) is 0 Å². The summed E-state index contributed by atoms with van der Waals surface area (Å²) in [6.07, 6.45) is 3.07. The van der Waals surface area contributed by atoms with E-state index in [0.29, 0.717) is 0 Å². The van der Waals surface area contributed by atoms with Gasteiger partial charge in [0.25, 0.3) is 0 Å². The number of aliphatic imine (C=N–C) groups is 1. The first-order valence-electron chi connectivity index (χ1n) is 8.08. The summed E-state index contributed by atoms with van der Waals surface area (Å²) in [5, 5.41) is 3.46. The van der Waals surface area contributed by atoms with Gasteiger partial charge in [-0.2, -0.15) is 0 Å². The Hall–Kier alpha value is -1.50. The molecule has 0 amide bonds. The summed E-state index contributed by atoms with van der Waals surface area (Å²) >= 11 is 0. The molecule has 0 saturated heterocycles. The van der Waals surface area contributed by atoms with Crippen molar-refractivity contribution in [3.8, 4) is 0 Å². The minimum absolute atomic E-state index is 0. The molecule has 0 aliphatic carbocycles. The van der Waals surface area contributed by atoms with E-state index in [4.69, 9.17) is 0 Å². The molecule has 1 N–H and O–H groups in total. The van der Waals surface area contributed by atoms with E-state index in [0.717, 1.165) is 25.5 Å². The zero-order valence-corrected chi connectivity index (χ0v) is 17.7. The highest BCUT2D eigenvalue weighted by Crippen LogP contribution is 2.09. The molecule has 1 heterocycles. The van der Waals surface area contributed by atoms with Gasteiger partial charge in [-0.1, -0.05) is 29.3 Å². The van der Waals surface area contributed by atoms with Crippen LogP contribution in [0.2, 0.25) is 0 Å². The molecule has 0 fully saturated rings. The molecule has 24 heavy (non-hydrogen) atoms. The number of guanidine groups is 1. The van der Waals surface area contributed by atoms with Gasteiger partial charge in [0.15, 0.2) is 5.96 Å². The smallest absolute Gasteiger partial charge is 0.193 e. The molecule has 1 aromatic carbocycles. The van der Waals surface area contributed by atoms with E-state index >= 15 is 0 Å². The summed E-state index contributed by atoms with van der Waals surface area (Å²) in [6.45, 7) is 6.02. The minimum Gasteiger partial charge on any atom is -0.356 e. The van der Waals surface area contributed by atoms with E-state index < -0.39 is 0 Å². The van der Waals surface area contributed by atoms with Crippen LogP contribution in [0.1, 0.15) is 22.4 Å². The zero-order valence-electron chi connectivity index (χ0n) is 15.3. The zero-order chi connectivity index (χ0) is 16.8. The third-order valence-corrected chi connectivity index (χ3v) is 4.00. The summed E-state index contributed by atoms with van der Waals surface area (Å²) in [5.74, 6) is 0.926. The molecule has 0 saturated carbocycles. The fourth-order valence-electron chi connectivity index (χ4n) is 2.90. The Morgan fingerprint density at radius 3 is 2.42 bits per heavy atom. The van der Waals surface area contributed by atoms with Gasteiger partial charge >= 0.3 is 0 Å². The number of aromatic nitrogens is 1. The SMILES string of the molecule is CN=C(NCCc1cc(C)cc(C)c1)N(C)Cc1cccn1C.I. The Bertz CT molecular complexity index is 656. The summed E-state index contributed by atoms with van der Waals surface area (Å²) in [5.41, 5.74) is 5.29. The number of nitrogens with one attached hydrogen (secondary N) is 1. The van der Waals surface area contributed by atoms with E-state index in [1.807, 2.05) is 7.05 Å². The second-order valence-corrected chi connectivity index (χ2v) is 6.19. The summed E-state index contributed by atoms with van der Waals surface area (Å²) in [6, 6.07) is 10.9. The molecule has 4 nitrogen and oxygen atoms in total. The summed E-state index contributed by atoms with van der Waals surface area (Å²) < 4.78 is 2.14. The molecule has 0 aliphatic rings. The van der Waals surface area contributed by atoms with Crippen molar-refractivity contribution in [1.29, 1.82) is 0 Å². The molecular weight excluding hydrogens is 411 g/mol. The van der Waals surface area contributed by atoms with Gasteiger partial charge in [-0.25, -0.2) is 0 Å². The standard InChI is InChI=1S/C19H28N4.HI/c1-15-11-16(2)13-17(12-15)8-9-21-19(20-3)23(5)14-18-7-6-10-22(18)4;/h6-7,10-13H,8-9,14H2,1-5H3,(H,20,21);1H. The predicted molar refractivity (Wildman–Crippen MR) is 113 cm³/mol. The number of aryl methyl sites for hydroxylation is 3. The van der Waals surface area contributed by atoms with Crippen LogP contribution in [0.25, 0.3) is 0 Å². The van der Waals surface area contributed by atoms with Crippen molar-refractivity contribution in [2.45, 2.75) is 26.8 Å². The van der Waals surface area contributed by atoms with Crippen LogP contribution >= 0.6 is 24.0 Å². The Labute approximate surface area is 163 Å². The van der Waals surface area contributed by atoms with Crippen LogP contribution in [0.15, 0.2) is 41.5 Å². The van der Waals surface area contributed by atoms with Crippen molar-refractivity contribution < 1.29 is 0 Å². The largest absolute Gasteiger partial charge is 0.356 e. The quantitative estimate of drug-likeness (QED) is 0.439. The van der Waals surface area contributed by atoms with Crippen molar-refractivity contribution >= 4 is 29.9 Å². The highest BCUT2D eigenvalue weighted by Gasteiger charge is 2.08. The normalized spacial score (nSPS) is 11.1. The lowest BCUT2D eigenvalue weighted by Crippen LogP contribution is -2.39. The lowest BCUT2D eigenvalue weighted by atomic mass is 10.1. The second-order valence-electron chi connectivity index (χ2n) is 6.19. The van der Waals surface area contributed by atoms with Gasteiger partial charge in [0.05, 0.1) is 6.54 Å². The average Bonchev–Trinajstić information content (AvgIpc) is 2.88. The predicted octanol–water partition coefficient (Wildman–Crippen LogP) is 3.51. The first-order chi connectivity index (χ1) is 11.0. The first-order valence-corrected chi connectivity index (χ1v) is 8.08. The van der Waals surface area contributed by atoms with Crippen LogP contribution in [0.4, 0.5) is 0 Å². The van der Waals surface area contributed by atoms with Gasteiger partial charge < -0.3 is 14.8 Å². The van der Waals surface area contributed by atoms with Crippen LogP contribution in [0, 0.1) is 13.8 Å². The Balaban J connectivity index is 0.00000288. The number of hydrogen-bond acceptors (Lipinski definition) is 1. The van der Waals surface area contributed by atoms with Crippen molar-refractivity contribution in [2.24, 2.45) is 12.0 Å². The number of rotatable bonds is 5. The Morgan fingerprint density at radius 2 is 1.88 bits per heavy atom. The molecule has 5 heteroatoms. The van der Waals surface area contributed by atoms with Crippen LogP contribution in [-0.2, 0) is 20.0 Å². The minimum atomic E-state index is 0. The van der Waals surface area contributed by atoms with Gasteiger partial charge in [-0.05, 0) is 38.0 Å². The average molecular weight is 440 g/mol. The molecule has 0 aliphatic heterocycles. The molecule has 132 valence electrons. The second kappa shape index (κ2) is 9.71. The summed E-state index contributed by atoms with van der Waals surface area (Å²) in [7, 11) is 5.97. The topological polar surface area (TPSA) is 32.6 Å². The number of halogens is 1. The number of hydrogen-bond donors (Lipinski definition) is 1. The van der Waals surface area contributed by atoms with Crippen LogP contribution in [0.5, 0.6) is 0 Å². The molecule has 0 spiro atoms. The van der Waals surface area contributed by atoms with E-state index in [9.17, 15) is 0 Å². The van der Waals surface area contributed by atoms with E-state index in [-0.39, 0.29) is 24.0 Å². The van der Waals surface area contributed by atoms with E-state index in [1.165, 1.54) is 22.4 Å². The molecule has 1 aromatic heterocycles. The van der Waals surface area contributed by atoms with Gasteiger partial charge in [0, 0.05) is 39.6 Å². The van der Waals surface area contributed by atoms with Crippen molar-refractivity contribution in [2.75, 3.05) is 20.6 Å². The number of nitrogens with zero attached hydrogens (tertiary/aromatic N) is 3. The maximum atomic E-state index is 4.39. The Kier molecular flexibility index (Phi) is 8.31. The maximum absolute atomic E-state index is 4.39. The fraction of sp³-hybridized carbons (Fsp3) is 0.421. The van der Waals surface area contributed by atoms with Gasteiger partial charge in [-0.15, -0.1) is 24.0 Å². The monoisotopic (exact) mass is 440 g/mol. The van der Waals surface area contributed by atoms with Crippen molar-refractivity contribution in [3.05, 3.63) is 58.9 Å². The fourth-order valence-corrected chi connectivity index (χ4v) is 2.90. The Morgan fingerprint density at radius 1 is 1.21 bits per heavy atom. The molecule has 2 aromatic rings. The van der Waals surface area contributed by atoms with Crippen molar-refractivity contribution in [3.63, 3.8) is 0 Å². The first kappa shape index (κ1) is 20.5. The number of benzene rings is 1. The highest BCUT2D eigenvalue weighted by molar-refractivity contribution is 14.0. The summed E-state index contributed by atoms with van der Waals surface area (Å²) in [4.78, 5) is 6.54. The lowest BCUT2D eigenvalue weighted by molar-refractivity contribution is 0.462. The maximum Gasteiger partial charge on any atom is 0.193 e. The molecular formula is C19H29IN4. The molecule has 2 rings (SSSR count). The molecule has 0 unspecified atom stereocenters. The third kappa shape index (κ3) is 5.85. The van der Waals surface area contributed by atoms with E-state index in [2.05, 4.69) is 84.2 Å². The lowest BCUT2D eigenvalue weighted by Gasteiger charge is -2.22. The van der Waals surface area contributed by atoms with Gasteiger partial charge in [0.2, 0.25) is 0 Å².